The lowest BCUT2D eigenvalue weighted by Crippen LogP contribution is -2.30. The summed E-state index contributed by atoms with van der Waals surface area (Å²) in [4.78, 5) is 62.2. The SMILES string of the molecule is CC(=O)Oc1cc2c(c3ccccc13)C(CCl)CN2C(=O)c1cc2cc(CC(=O)c3cc4cc(CC(=O)CC5CN5C)ccc4[nH]3)ccc2[nH]1. The van der Waals surface area contributed by atoms with Crippen LogP contribution in [0.2, 0.25) is 0 Å². The Balaban J connectivity index is 1.01. The van der Waals surface area contributed by atoms with Crippen LogP contribution < -0.4 is 9.64 Å². The van der Waals surface area contributed by atoms with Crippen LogP contribution in [-0.4, -0.2) is 70.4 Å². The number of ketones is 2. The van der Waals surface area contributed by atoms with Gasteiger partial charge in [-0.2, -0.15) is 0 Å². The van der Waals surface area contributed by atoms with Crippen LogP contribution in [-0.2, 0) is 22.4 Å². The zero-order valence-corrected chi connectivity index (χ0v) is 28.5. The lowest BCUT2D eigenvalue weighted by molar-refractivity contribution is -0.131. The van der Waals surface area contributed by atoms with Crippen LogP contribution in [0.5, 0.6) is 5.75 Å². The maximum Gasteiger partial charge on any atom is 0.308 e. The van der Waals surface area contributed by atoms with Crippen molar-refractivity contribution in [1.82, 2.24) is 14.9 Å². The molecule has 252 valence electrons. The number of carbonyl (C=O) groups excluding carboxylic acids is 4. The molecule has 0 radical (unpaired) electrons. The fraction of sp³-hybridized carbons (Fsp3) is 0.250. The Bertz CT molecular complexity index is 2370. The number of carbonyl (C=O) groups is 4. The number of alkyl halides is 1. The van der Waals surface area contributed by atoms with E-state index >= 15 is 0 Å². The van der Waals surface area contributed by atoms with Gasteiger partial charge in [-0.15, -0.1) is 11.6 Å². The Kier molecular flexibility index (Phi) is 8.04. The van der Waals surface area contributed by atoms with Crippen molar-refractivity contribution in [3.05, 3.63) is 107 Å². The lowest BCUT2D eigenvalue weighted by Gasteiger charge is -2.18. The monoisotopic (exact) mass is 686 g/mol. The number of hydrogen-bond acceptors (Lipinski definition) is 6. The summed E-state index contributed by atoms with van der Waals surface area (Å²) in [5.41, 5.74) is 5.93. The van der Waals surface area contributed by atoms with Crippen molar-refractivity contribution in [3.63, 3.8) is 0 Å². The molecule has 2 aliphatic heterocycles. The second kappa shape index (κ2) is 12.6. The topological polar surface area (TPSA) is 115 Å². The van der Waals surface area contributed by atoms with Gasteiger partial charge in [-0.05, 0) is 65.5 Å². The summed E-state index contributed by atoms with van der Waals surface area (Å²) in [6.45, 7) is 2.72. The molecule has 4 aromatic carbocycles. The van der Waals surface area contributed by atoms with E-state index in [9.17, 15) is 19.2 Å². The Morgan fingerprint density at radius 2 is 1.46 bits per heavy atom. The Morgan fingerprint density at radius 3 is 2.12 bits per heavy atom. The first kappa shape index (κ1) is 32.0. The second-order valence-electron chi connectivity index (χ2n) is 13.5. The van der Waals surface area contributed by atoms with Gasteiger partial charge < -0.3 is 24.5 Å². The number of amides is 1. The third-order valence-corrected chi connectivity index (χ3v) is 10.3. The highest BCUT2D eigenvalue weighted by Gasteiger charge is 2.36. The number of nitrogens with zero attached hydrogens (tertiary/aromatic N) is 2. The van der Waals surface area contributed by atoms with Crippen LogP contribution in [0.3, 0.4) is 0 Å². The van der Waals surface area contributed by atoms with Gasteiger partial charge in [0, 0.05) is 90.4 Å². The minimum absolute atomic E-state index is 0.0571. The van der Waals surface area contributed by atoms with E-state index in [4.69, 9.17) is 16.3 Å². The van der Waals surface area contributed by atoms with Gasteiger partial charge in [0.05, 0.1) is 11.4 Å². The van der Waals surface area contributed by atoms with Gasteiger partial charge in [0.15, 0.2) is 5.78 Å². The molecular weight excluding hydrogens is 652 g/mol. The molecule has 2 aromatic heterocycles. The summed E-state index contributed by atoms with van der Waals surface area (Å²) in [5.74, 6) is 0.129. The molecule has 1 amide bonds. The molecule has 8 rings (SSSR count). The van der Waals surface area contributed by atoms with E-state index in [0.29, 0.717) is 54.1 Å². The molecule has 2 aliphatic rings. The molecule has 3 unspecified atom stereocenters. The average Bonchev–Trinajstić information content (AvgIpc) is 3.45. The lowest BCUT2D eigenvalue weighted by atomic mass is 9.95. The van der Waals surface area contributed by atoms with Crippen LogP contribution in [0.4, 0.5) is 5.69 Å². The minimum Gasteiger partial charge on any atom is -0.426 e. The van der Waals surface area contributed by atoms with Gasteiger partial charge in [0.25, 0.3) is 5.91 Å². The van der Waals surface area contributed by atoms with Crippen LogP contribution in [0.25, 0.3) is 32.6 Å². The molecular formula is C40H35ClN4O5. The van der Waals surface area contributed by atoms with Gasteiger partial charge in [-0.25, -0.2) is 0 Å². The number of ether oxygens (including phenoxy) is 1. The summed E-state index contributed by atoms with van der Waals surface area (Å²) in [7, 11) is 2.02. The number of benzene rings is 4. The Hall–Kier alpha value is -5.25. The number of nitrogens with one attached hydrogen (secondary N) is 2. The first-order valence-electron chi connectivity index (χ1n) is 16.8. The van der Waals surface area contributed by atoms with Crippen LogP contribution in [0.1, 0.15) is 56.9 Å². The summed E-state index contributed by atoms with van der Waals surface area (Å²) in [6.07, 6.45) is 1.14. The predicted octanol–water partition coefficient (Wildman–Crippen LogP) is 6.95. The number of hydrogen-bond donors (Lipinski definition) is 2. The van der Waals surface area contributed by atoms with Crippen molar-refractivity contribution in [3.8, 4) is 5.75 Å². The number of esters is 1. The molecule has 6 aromatic rings. The first-order chi connectivity index (χ1) is 24.1. The fourth-order valence-electron chi connectivity index (χ4n) is 7.31. The molecule has 0 bridgehead atoms. The molecule has 50 heavy (non-hydrogen) atoms. The van der Waals surface area contributed by atoms with Gasteiger partial charge in [-0.3, -0.25) is 19.2 Å². The Morgan fingerprint density at radius 1 is 0.820 bits per heavy atom. The van der Waals surface area contributed by atoms with E-state index < -0.39 is 5.97 Å². The van der Waals surface area contributed by atoms with Gasteiger partial charge in [0.2, 0.25) is 0 Å². The summed E-state index contributed by atoms with van der Waals surface area (Å²) in [6, 6.07) is 25.0. The van der Waals surface area contributed by atoms with E-state index in [0.717, 1.165) is 55.8 Å². The second-order valence-corrected chi connectivity index (χ2v) is 13.8. The smallest absolute Gasteiger partial charge is 0.308 e. The van der Waals surface area contributed by atoms with E-state index in [2.05, 4.69) is 14.9 Å². The number of likely N-dealkylation sites (N-methyl/N-ethyl adjacent to an activating group) is 1. The third kappa shape index (κ3) is 5.97. The largest absolute Gasteiger partial charge is 0.426 e. The van der Waals surface area contributed by atoms with E-state index in [1.807, 2.05) is 73.8 Å². The number of aromatic amines is 2. The molecule has 1 saturated heterocycles. The number of fused-ring (bicyclic) bond motifs is 5. The molecule has 1 fully saturated rings. The number of Topliss-reactive ketones (excluding diaryl/α,β-unsaturated/α-hetero) is 2. The summed E-state index contributed by atoms with van der Waals surface area (Å²) >= 11 is 6.44. The molecule has 0 aliphatic carbocycles. The summed E-state index contributed by atoms with van der Waals surface area (Å²) < 4.78 is 5.57. The van der Waals surface area contributed by atoms with Gasteiger partial charge in [0.1, 0.15) is 17.2 Å². The molecule has 9 nitrogen and oxygen atoms in total. The van der Waals surface area contributed by atoms with Crippen molar-refractivity contribution < 1.29 is 23.9 Å². The number of aromatic nitrogens is 2. The van der Waals surface area contributed by atoms with Crippen molar-refractivity contribution in [2.75, 3.05) is 30.9 Å². The Labute approximate surface area is 293 Å². The quantitative estimate of drug-likeness (QED) is 0.0530. The number of H-pyrrole nitrogens is 2. The minimum atomic E-state index is -0.441. The number of halogens is 1. The molecule has 3 atom stereocenters. The zero-order chi connectivity index (χ0) is 34.7. The fourth-order valence-corrected chi connectivity index (χ4v) is 7.57. The highest BCUT2D eigenvalue weighted by Crippen LogP contribution is 2.46. The van der Waals surface area contributed by atoms with Crippen molar-refractivity contribution in [2.24, 2.45) is 0 Å². The molecule has 10 heteroatoms. The maximum atomic E-state index is 14.1. The molecule has 2 N–H and O–H groups in total. The van der Waals surface area contributed by atoms with E-state index in [1.165, 1.54) is 6.92 Å². The molecule has 0 saturated carbocycles. The van der Waals surface area contributed by atoms with Crippen molar-refractivity contribution >= 4 is 73.3 Å². The normalized spacial score (nSPS) is 18.1. The standard InChI is InChI=1S/C40H35ClN4O5/c1-22(46)50-38-18-36-39(31-6-4-3-5-30(31)38)27(19-41)20-45(36)40(49)35-16-26-12-24(8-10-33(26)43-35)14-37(48)34-15-25-11-23(7-9-32(25)42-34)13-29(47)17-28-21-44(28)2/h3-12,15-16,18,27-28,42-43H,13-14,17,19-21H2,1-2H3. The zero-order valence-electron chi connectivity index (χ0n) is 27.7. The van der Waals surface area contributed by atoms with Gasteiger partial charge >= 0.3 is 5.97 Å². The van der Waals surface area contributed by atoms with Crippen molar-refractivity contribution in [2.45, 2.75) is 38.1 Å². The van der Waals surface area contributed by atoms with Gasteiger partial charge in [-0.1, -0.05) is 36.4 Å². The number of rotatable bonds is 10. The molecule has 4 heterocycles. The summed E-state index contributed by atoms with van der Waals surface area (Å²) in [5, 5.41) is 3.41. The third-order valence-electron chi connectivity index (χ3n) is 9.93. The van der Waals surface area contributed by atoms with Crippen molar-refractivity contribution in [1.29, 1.82) is 0 Å². The van der Waals surface area contributed by atoms with Crippen LogP contribution in [0.15, 0.2) is 78.9 Å². The highest BCUT2D eigenvalue weighted by atomic mass is 35.5. The average molecular weight is 687 g/mol. The van der Waals surface area contributed by atoms with Crippen LogP contribution in [0, 0.1) is 0 Å². The van der Waals surface area contributed by atoms with E-state index in [1.54, 1.807) is 17.0 Å². The molecule has 0 spiro atoms. The highest BCUT2D eigenvalue weighted by molar-refractivity contribution is 6.19. The number of anilines is 1. The first-order valence-corrected chi connectivity index (χ1v) is 17.3. The van der Waals surface area contributed by atoms with E-state index in [-0.39, 0.29) is 29.8 Å². The maximum absolute atomic E-state index is 14.1. The van der Waals surface area contributed by atoms with Crippen LogP contribution >= 0.6 is 11.6 Å². The predicted molar refractivity (Wildman–Crippen MR) is 195 cm³/mol.